The van der Waals surface area contributed by atoms with Crippen molar-refractivity contribution in [1.82, 2.24) is 0 Å². The first kappa shape index (κ1) is 12.1. The van der Waals surface area contributed by atoms with Gasteiger partial charge in [-0.15, -0.1) is 0 Å². The highest BCUT2D eigenvalue weighted by atomic mass is 31.2. The lowest BCUT2D eigenvalue weighted by Gasteiger charge is -2.12. The summed E-state index contributed by atoms with van der Waals surface area (Å²) in [6.45, 7) is 0. The molecule has 1 atom stereocenters. The molecule has 15 heavy (non-hydrogen) atoms. The molecule has 1 aromatic carbocycles. The Bertz CT molecular complexity index is 312. The van der Waals surface area contributed by atoms with Crippen LogP contribution in [0.5, 0.6) is 0 Å². The van der Waals surface area contributed by atoms with E-state index in [9.17, 15) is 4.79 Å². The highest BCUT2D eigenvalue weighted by Gasteiger charge is 2.21. The van der Waals surface area contributed by atoms with Gasteiger partial charge in [-0.1, -0.05) is 30.3 Å². The zero-order valence-corrected chi connectivity index (χ0v) is 8.97. The van der Waals surface area contributed by atoms with Crippen LogP contribution in [0.25, 0.3) is 0 Å². The Hall–Kier alpha value is -0.960. The van der Waals surface area contributed by atoms with E-state index in [-0.39, 0.29) is 6.16 Å². The molecule has 1 unspecified atom stereocenters. The van der Waals surface area contributed by atoms with Gasteiger partial charge in [-0.2, -0.15) is 0 Å². The Balaban J connectivity index is 2.63. The number of hydrogen-bond donors (Lipinski definition) is 3. The van der Waals surface area contributed by atoms with Crippen molar-refractivity contribution in [2.45, 2.75) is 6.42 Å². The minimum absolute atomic E-state index is 0.0838. The van der Waals surface area contributed by atoms with Gasteiger partial charge in [0.15, 0.2) is 8.38 Å². The van der Waals surface area contributed by atoms with Crippen molar-refractivity contribution in [2.24, 2.45) is 5.92 Å². The number of carbonyl (C=O) groups is 1. The van der Waals surface area contributed by atoms with Crippen molar-refractivity contribution in [3.63, 3.8) is 0 Å². The Morgan fingerprint density at radius 1 is 1.27 bits per heavy atom. The van der Waals surface area contributed by atoms with Gasteiger partial charge in [-0.25, -0.2) is 0 Å². The van der Waals surface area contributed by atoms with Gasteiger partial charge < -0.3 is 14.9 Å². The van der Waals surface area contributed by atoms with Crippen molar-refractivity contribution in [1.29, 1.82) is 0 Å². The molecule has 0 spiro atoms. The molecule has 0 amide bonds. The number of aliphatic carboxylic acids is 1. The molecule has 0 saturated carbocycles. The van der Waals surface area contributed by atoms with E-state index in [0.29, 0.717) is 6.42 Å². The first-order chi connectivity index (χ1) is 7.09. The molecule has 0 aliphatic rings. The van der Waals surface area contributed by atoms with Crippen LogP contribution < -0.4 is 0 Å². The summed E-state index contributed by atoms with van der Waals surface area (Å²) in [4.78, 5) is 28.4. The van der Waals surface area contributed by atoms with E-state index in [1.54, 1.807) is 0 Å². The second-order valence-electron chi connectivity index (χ2n) is 3.28. The second-order valence-corrected chi connectivity index (χ2v) is 4.39. The molecule has 3 N–H and O–H groups in total. The van der Waals surface area contributed by atoms with Crippen molar-refractivity contribution >= 4 is 14.3 Å². The van der Waals surface area contributed by atoms with Crippen molar-refractivity contribution in [3.8, 4) is 0 Å². The quantitative estimate of drug-likeness (QED) is 0.662. The lowest BCUT2D eigenvalue weighted by atomic mass is 10.0. The summed E-state index contributed by atoms with van der Waals surface area (Å²) in [5.41, 5.74) is 0.891. The van der Waals surface area contributed by atoms with Gasteiger partial charge in [0.25, 0.3) is 0 Å². The van der Waals surface area contributed by atoms with E-state index in [1.807, 2.05) is 30.3 Å². The van der Waals surface area contributed by atoms with E-state index in [4.69, 9.17) is 14.9 Å². The summed E-state index contributed by atoms with van der Waals surface area (Å²) in [6.07, 6.45) is 0.246. The summed E-state index contributed by atoms with van der Waals surface area (Å²) in [5.74, 6) is -1.72. The fourth-order valence-electron chi connectivity index (χ4n) is 1.33. The highest BCUT2D eigenvalue weighted by molar-refractivity contribution is 7.45. The molecule has 0 fully saturated rings. The van der Waals surface area contributed by atoms with Crippen LogP contribution in [0.3, 0.4) is 0 Å². The van der Waals surface area contributed by atoms with Crippen molar-refractivity contribution in [2.75, 3.05) is 6.16 Å². The molecule has 0 aliphatic heterocycles. The van der Waals surface area contributed by atoms with E-state index in [1.165, 1.54) is 0 Å². The standard InChI is InChI=1S/C10H13O4P/c11-10(12)9(7-15(13)14)6-8-4-2-1-3-5-8/h1-5,9,13-14H,6-7H2,(H,11,12). The van der Waals surface area contributed by atoms with Crippen LogP contribution in [-0.4, -0.2) is 27.0 Å². The van der Waals surface area contributed by atoms with Crippen LogP contribution in [0.15, 0.2) is 30.3 Å². The van der Waals surface area contributed by atoms with E-state index >= 15 is 0 Å². The topological polar surface area (TPSA) is 77.8 Å². The molecule has 5 heteroatoms. The highest BCUT2D eigenvalue weighted by Crippen LogP contribution is 2.28. The Morgan fingerprint density at radius 3 is 2.33 bits per heavy atom. The van der Waals surface area contributed by atoms with Crippen LogP contribution >= 0.6 is 8.38 Å². The molecule has 4 nitrogen and oxygen atoms in total. The molecule has 0 aromatic heterocycles. The van der Waals surface area contributed by atoms with Crippen LogP contribution in [0, 0.1) is 5.92 Å². The Labute approximate surface area is 89.1 Å². The van der Waals surface area contributed by atoms with Crippen molar-refractivity contribution in [3.05, 3.63) is 35.9 Å². The lowest BCUT2D eigenvalue weighted by Crippen LogP contribution is -2.19. The van der Waals surface area contributed by atoms with Gasteiger partial charge in [-0.3, -0.25) is 4.79 Å². The number of benzene rings is 1. The van der Waals surface area contributed by atoms with Crippen LogP contribution in [-0.2, 0) is 11.2 Å². The maximum Gasteiger partial charge on any atom is 0.307 e. The van der Waals surface area contributed by atoms with Gasteiger partial charge in [-0.05, 0) is 12.0 Å². The lowest BCUT2D eigenvalue weighted by molar-refractivity contribution is -0.141. The predicted octanol–water partition coefficient (Wildman–Crippen LogP) is 1.23. The second kappa shape index (κ2) is 5.81. The molecular weight excluding hydrogens is 215 g/mol. The third-order valence-corrected chi connectivity index (χ3v) is 2.83. The number of hydrogen-bond acceptors (Lipinski definition) is 3. The minimum atomic E-state index is -2.15. The zero-order chi connectivity index (χ0) is 11.3. The molecule has 1 aromatic rings. The average molecular weight is 228 g/mol. The van der Waals surface area contributed by atoms with Crippen LogP contribution in [0.4, 0.5) is 0 Å². The first-order valence-corrected chi connectivity index (χ1v) is 5.95. The molecule has 0 radical (unpaired) electrons. The fourth-order valence-corrected chi connectivity index (χ4v) is 2.01. The number of carboxylic acid groups (broad SMARTS) is 1. The molecule has 82 valence electrons. The van der Waals surface area contributed by atoms with Crippen molar-refractivity contribution < 1.29 is 19.7 Å². The van der Waals surface area contributed by atoms with Gasteiger partial charge in [0, 0.05) is 6.16 Å². The third kappa shape index (κ3) is 4.38. The number of carboxylic acids is 1. The van der Waals surface area contributed by atoms with Crippen LogP contribution in [0.2, 0.25) is 0 Å². The molecular formula is C10H13O4P. The number of rotatable bonds is 5. The zero-order valence-electron chi connectivity index (χ0n) is 8.08. The van der Waals surface area contributed by atoms with E-state index in [0.717, 1.165) is 5.56 Å². The van der Waals surface area contributed by atoms with E-state index < -0.39 is 20.3 Å². The predicted molar refractivity (Wildman–Crippen MR) is 57.5 cm³/mol. The summed E-state index contributed by atoms with van der Waals surface area (Å²) in [6, 6.07) is 9.16. The molecule has 0 bridgehead atoms. The molecule has 0 heterocycles. The summed E-state index contributed by atoms with van der Waals surface area (Å²) in [5, 5.41) is 8.87. The average Bonchev–Trinajstić information content (AvgIpc) is 2.17. The van der Waals surface area contributed by atoms with Gasteiger partial charge >= 0.3 is 5.97 Å². The van der Waals surface area contributed by atoms with Gasteiger partial charge in [0.1, 0.15) is 0 Å². The third-order valence-electron chi connectivity index (χ3n) is 2.06. The SMILES string of the molecule is O=C(O)C(Cc1ccccc1)CP(O)O. The van der Waals surface area contributed by atoms with Gasteiger partial charge in [0.2, 0.25) is 0 Å². The Kier molecular flexibility index (Phi) is 4.69. The largest absolute Gasteiger partial charge is 0.481 e. The molecule has 0 saturated heterocycles. The fraction of sp³-hybridized carbons (Fsp3) is 0.300. The van der Waals surface area contributed by atoms with Gasteiger partial charge in [0.05, 0.1) is 5.92 Å². The maximum atomic E-state index is 10.8. The molecule has 0 aliphatic carbocycles. The smallest absolute Gasteiger partial charge is 0.307 e. The molecule has 1 rings (SSSR count). The van der Waals surface area contributed by atoms with E-state index in [2.05, 4.69) is 0 Å². The normalized spacial score (nSPS) is 12.7. The Morgan fingerprint density at radius 2 is 1.87 bits per heavy atom. The summed E-state index contributed by atoms with van der Waals surface area (Å²) in [7, 11) is -2.15. The monoisotopic (exact) mass is 228 g/mol. The van der Waals surface area contributed by atoms with Crippen LogP contribution in [0.1, 0.15) is 5.56 Å². The summed E-state index contributed by atoms with van der Waals surface area (Å²) >= 11 is 0. The summed E-state index contributed by atoms with van der Waals surface area (Å²) < 4.78 is 0. The minimum Gasteiger partial charge on any atom is -0.481 e. The first-order valence-electron chi connectivity index (χ1n) is 4.51. The maximum absolute atomic E-state index is 10.8.